The van der Waals surface area contributed by atoms with Gasteiger partial charge in [0.2, 0.25) is 11.8 Å². The Kier molecular flexibility index (Phi) is 43.5. The van der Waals surface area contributed by atoms with Crippen LogP contribution in [0.1, 0.15) is 203 Å². The molecule has 9 N–H and O–H groups in total. The van der Waals surface area contributed by atoms with Crippen LogP contribution in [0.2, 0.25) is 0 Å². The predicted molar refractivity (Wildman–Crippen MR) is 493 cm³/mol. The summed E-state index contributed by atoms with van der Waals surface area (Å²) < 4.78 is 14.4. The standard InChI is InChI=1S/C13H26FN3O.C13H27N3O2.2C12H24N2O.C12H24N2.C11H22N2O.C11H22N2.C10H20N2O/c1-10(2)6-17-8-13(14,9-17)7-16(5)12(3,4)11(15)18;1-10(2)6-16-8-13(18,9-16)7-15(5)12(3,4)11(14)17;1-10(2)7-13-8-11(9-13)14-5-3-12(15)4-6-14;1-10(2)6-13-7-11(8-13)14-5-3-4-12(15)9-14;1-11(2)8-13-9-12(10-13)14-6-4-3-5-7-14;1-9(2)5-12-6-10(7-12)13-4-3-11(14)8-13;1-10(2)7-12-8-11(9-12)13-5-3-4-6-13;1-8(2)3-11-4-9(5-11)12-6-10(13)7-12/h10H,6-9H2,1-5H3,(H2,15,18);10,18H,6-9H2,1-5H3,(H2,14,17);2*10-12,15H,3-9H2,1-2H3;11-12H,3-10H2,1-2H3;9-11,14H,3-8H2,1-2H3;10-11H,3-9H2,1-2H3;8-10,13H,3-7H2,1-2H3. The zero-order valence-corrected chi connectivity index (χ0v) is 81.1. The Morgan fingerprint density at radius 2 is 0.567 bits per heavy atom. The number of rotatable bonds is 30. The molecule has 0 aromatic rings. The smallest absolute Gasteiger partial charge is 0.237 e. The minimum atomic E-state index is -1.21. The predicted octanol–water partition coefficient (Wildman–Crippen LogP) is 5.94. The molecular weight excluding hydrogens is 1510 g/mol. The van der Waals surface area contributed by atoms with Crippen LogP contribution >= 0.6 is 0 Å². The van der Waals surface area contributed by atoms with Gasteiger partial charge < -0.3 is 37.0 Å². The van der Waals surface area contributed by atoms with Gasteiger partial charge in [-0.05, 0) is 180 Å². The number of carbonyl (C=O) groups excluding carboxylic acids is 2. The Labute approximate surface area is 733 Å². The molecule has 0 radical (unpaired) electrons. The minimum Gasteiger partial charge on any atom is -0.393 e. The van der Waals surface area contributed by atoms with Crippen LogP contribution in [0.5, 0.6) is 0 Å². The fourth-order valence-electron chi connectivity index (χ4n) is 20.1. The SMILES string of the molecule is CC(C)CN1CC(F)(CN(C)C(C)(C)C(N)=O)C1.CC(C)CN1CC(N2CC(O)C2)C1.CC(C)CN1CC(N2CCC(O)C2)C1.CC(C)CN1CC(N2CCC(O)CC2)C1.CC(C)CN1CC(N2CCCC(O)C2)C1.CC(C)CN1CC(N2CCCC2)C1.CC(C)CN1CC(N2CCCCC2)C1.CC(C)CN1CC(O)(CN(C)C(C)(C)C(N)=O)C1. The Morgan fingerprint density at radius 1 is 0.325 bits per heavy atom. The van der Waals surface area contributed by atoms with Crippen LogP contribution in [0.15, 0.2) is 0 Å². The first kappa shape index (κ1) is 105. The van der Waals surface area contributed by atoms with Gasteiger partial charge in [-0.3, -0.25) is 88.0 Å². The highest BCUT2D eigenvalue weighted by Gasteiger charge is 2.49. The molecule has 25 nitrogen and oxygen atoms in total. The molecule has 0 aliphatic carbocycles. The molecular formula is C94H189FN18O7. The summed E-state index contributed by atoms with van der Waals surface area (Å²) >= 11 is 0. The number of nitrogens with two attached hydrogens (primary N) is 2. The molecule has 14 aliphatic rings. The first-order valence-electron chi connectivity index (χ1n) is 48.6. The summed E-state index contributed by atoms with van der Waals surface area (Å²) in [4.78, 5) is 61.1. The van der Waals surface area contributed by atoms with E-state index in [9.17, 15) is 34.4 Å². The molecule has 14 heterocycles. The Balaban J connectivity index is 0.000000189. The van der Waals surface area contributed by atoms with Gasteiger partial charge in [0.1, 0.15) is 11.3 Å². The van der Waals surface area contributed by atoms with Crippen molar-refractivity contribution in [2.24, 2.45) is 58.8 Å². The first-order chi connectivity index (χ1) is 56.2. The maximum atomic E-state index is 14.4. The average Bonchev–Trinajstić information content (AvgIpc) is 0.817. The number of piperidine rings is 3. The van der Waals surface area contributed by atoms with E-state index in [1.165, 1.54) is 189 Å². The van der Waals surface area contributed by atoms with E-state index < -0.39 is 28.3 Å². The third kappa shape index (κ3) is 35.5. The molecule has 14 saturated heterocycles. The highest BCUT2D eigenvalue weighted by molar-refractivity contribution is 5.84. The molecule has 704 valence electrons. The summed E-state index contributed by atoms with van der Waals surface area (Å²) in [6.07, 6.45) is 12.1. The number of primary amides is 2. The molecule has 2 atom stereocenters. The summed E-state index contributed by atoms with van der Waals surface area (Å²) in [7, 11) is 3.57. The van der Waals surface area contributed by atoms with Gasteiger partial charge in [0.15, 0.2) is 0 Å². The lowest BCUT2D eigenvalue weighted by Gasteiger charge is -2.51. The van der Waals surface area contributed by atoms with Crippen molar-refractivity contribution in [3.8, 4) is 0 Å². The molecule has 0 aromatic heterocycles. The second-order valence-corrected chi connectivity index (χ2v) is 44.6. The number of aliphatic hydroxyl groups excluding tert-OH is 4. The lowest BCUT2D eigenvalue weighted by atomic mass is 9.90. The lowest BCUT2D eigenvalue weighted by molar-refractivity contribution is -0.139. The molecule has 0 bridgehead atoms. The van der Waals surface area contributed by atoms with Crippen molar-refractivity contribution in [2.45, 2.75) is 286 Å². The second-order valence-electron chi connectivity index (χ2n) is 44.6. The van der Waals surface area contributed by atoms with Gasteiger partial charge in [0, 0.05) is 252 Å². The molecule has 14 aliphatic heterocycles. The summed E-state index contributed by atoms with van der Waals surface area (Å²) in [5, 5.41) is 48.0. The third-order valence-electron chi connectivity index (χ3n) is 27.5. The van der Waals surface area contributed by atoms with Crippen molar-refractivity contribution in [1.29, 1.82) is 0 Å². The highest BCUT2D eigenvalue weighted by Crippen LogP contribution is 2.32. The van der Waals surface area contributed by atoms with Crippen LogP contribution in [0.4, 0.5) is 4.39 Å². The molecule has 0 saturated carbocycles. The van der Waals surface area contributed by atoms with E-state index in [1.807, 2.05) is 11.9 Å². The molecule has 120 heavy (non-hydrogen) atoms. The van der Waals surface area contributed by atoms with Crippen molar-refractivity contribution in [2.75, 3.05) is 263 Å². The van der Waals surface area contributed by atoms with E-state index in [1.54, 1.807) is 39.6 Å². The molecule has 14 fully saturated rings. The summed E-state index contributed by atoms with van der Waals surface area (Å²) in [5.74, 6) is 5.15. The van der Waals surface area contributed by atoms with Crippen LogP contribution in [-0.4, -0.2) is 462 Å². The second kappa shape index (κ2) is 49.7. The zero-order chi connectivity index (χ0) is 88.7. The van der Waals surface area contributed by atoms with Crippen LogP contribution < -0.4 is 11.5 Å². The number of halogens is 1. The maximum absolute atomic E-state index is 14.4. The van der Waals surface area contributed by atoms with Gasteiger partial charge in [-0.15, -0.1) is 0 Å². The monoisotopic (exact) mass is 1700 g/mol. The Hall–Kier alpha value is -1.97. The quantitative estimate of drug-likeness (QED) is 0.0440. The number of amides is 2. The molecule has 0 spiro atoms. The van der Waals surface area contributed by atoms with Crippen molar-refractivity contribution >= 4 is 11.8 Å². The number of aliphatic hydroxyl groups is 5. The van der Waals surface area contributed by atoms with E-state index in [0.717, 1.165) is 156 Å². The van der Waals surface area contributed by atoms with E-state index in [-0.39, 0.29) is 36.9 Å². The third-order valence-corrected chi connectivity index (χ3v) is 27.5. The fourth-order valence-corrected chi connectivity index (χ4v) is 20.1. The average molecular weight is 1700 g/mol. The van der Waals surface area contributed by atoms with E-state index >= 15 is 0 Å². The number of hydrogen-bond donors (Lipinski definition) is 7. The van der Waals surface area contributed by atoms with Crippen molar-refractivity contribution in [3.05, 3.63) is 0 Å². The summed E-state index contributed by atoms with van der Waals surface area (Å²) in [6, 6.07) is 4.76. The van der Waals surface area contributed by atoms with Gasteiger partial charge in [0.05, 0.1) is 35.5 Å². The Bertz CT molecular complexity index is 2720. The summed E-state index contributed by atoms with van der Waals surface area (Å²) in [6.45, 7) is 84.1. The molecule has 2 unspecified atom stereocenters. The van der Waals surface area contributed by atoms with E-state index in [0.29, 0.717) is 44.6 Å². The van der Waals surface area contributed by atoms with Gasteiger partial charge in [0.25, 0.3) is 0 Å². The summed E-state index contributed by atoms with van der Waals surface area (Å²) in [5.41, 5.74) is 7.24. The molecule has 0 aromatic carbocycles. The van der Waals surface area contributed by atoms with Gasteiger partial charge in [-0.1, -0.05) is 117 Å². The molecule has 2 amide bonds. The van der Waals surface area contributed by atoms with Crippen molar-refractivity contribution < 1.29 is 39.5 Å². The number of alkyl halides is 1. The lowest BCUT2D eigenvalue weighted by Crippen LogP contribution is -2.68. The number of likely N-dealkylation sites (N-methyl/N-ethyl adjacent to an activating group) is 2. The van der Waals surface area contributed by atoms with E-state index in [4.69, 9.17) is 16.6 Å². The van der Waals surface area contributed by atoms with Crippen LogP contribution in [-0.2, 0) is 9.59 Å². The van der Waals surface area contributed by atoms with Crippen molar-refractivity contribution in [3.63, 3.8) is 0 Å². The van der Waals surface area contributed by atoms with Crippen molar-refractivity contribution in [1.82, 2.24) is 78.4 Å². The number of carbonyl (C=O) groups is 2. The number of hydrogen-bond acceptors (Lipinski definition) is 23. The number of nitrogens with zero attached hydrogens (tertiary/aromatic N) is 16. The maximum Gasteiger partial charge on any atom is 0.237 e. The molecule has 26 heteroatoms. The van der Waals surface area contributed by atoms with Gasteiger partial charge >= 0.3 is 0 Å². The van der Waals surface area contributed by atoms with Crippen LogP contribution in [0.3, 0.4) is 0 Å². The minimum absolute atomic E-state index is 0.0342. The highest BCUT2D eigenvalue weighted by atomic mass is 19.1. The Morgan fingerprint density at radius 3 is 0.875 bits per heavy atom. The first-order valence-corrected chi connectivity index (χ1v) is 48.6. The molecule has 14 rings (SSSR count). The number of β-amino-alcohol motifs (C(OH)–C–C–N with tert-alkyl or cyclic N) is 4. The normalized spacial score (nSPS) is 26.0. The van der Waals surface area contributed by atoms with Crippen LogP contribution in [0.25, 0.3) is 0 Å². The zero-order valence-electron chi connectivity index (χ0n) is 81.1. The van der Waals surface area contributed by atoms with Crippen LogP contribution in [0, 0.1) is 47.3 Å². The topological polar surface area (TPSA) is 239 Å². The largest absolute Gasteiger partial charge is 0.393 e. The van der Waals surface area contributed by atoms with Gasteiger partial charge in [-0.2, -0.15) is 0 Å². The number of likely N-dealkylation sites (tertiary alicyclic amines) is 14. The van der Waals surface area contributed by atoms with Gasteiger partial charge in [-0.25, -0.2) is 4.39 Å². The van der Waals surface area contributed by atoms with E-state index in [2.05, 4.69) is 179 Å². The fraction of sp³-hybridized carbons (Fsp3) is 0.979.